The summed E-state index contributed by atoms with van der Waals surface area (Å²) in [5.74, 6) is 7.27. The Labute approximate surface area is 151 Å². The van der Waals surface area contributed by atoms with E-state index in [2.05, 4.69) is 4.84 Å². The molecule has 0 heterocycles. The fourth-order valence-electron chi connectivity index (χ4n) is 2.30. The minimum atomic E-state index is -3.60. The smallest absolute Gasteiger partial charge is 0.206 e. The molecule has 0 atom stereocenters. The largest absolute Gasteiger partial charge is 0.497 e. The van der Waals surface area contributed by atoms with Crippen molar-refractivity contribution in [1.82, 2.24) is 0 Å². The zero-order valence-corrected chi connectivity index (χ0v) is 14.8. The molecule has 3 aromatic carbocycles. The lowest BCUT2D eigenvalue weighted by Crippen LogP contribution is -2.02. The van der Waals surface area contributed by atoms with E-state index in [-0.39, 0.29) is 9.79 Å². The maximum atomic E-state index is 12.7. The quantitative estimate of drug-likeness (QED) is 0.667. The van der Waals surface area contributed by atoms with E-state index in [4.69, 9.17) is 15.4 Å². The first kappa shape index (κ1) is 17.8. The molecule has 0 amide bonds. The first-order chi connectivity index (χ1) is 12.5. The van der Waals surface area contributed by atoms with Crippen LogP contribution in [0, 0.1) is 0 Å². The number of hydrogen-bond donors (Lipinski definition) is 1. The molecule has 0 aliphatic rings. The van der Waals surface area contributed by atoms with Gasteiger partial charge < -0.3 is 14.3 Å². The molecule has 0 saturated heterocycles. The number of methoxy groups -OCH3 is 1. The van der Waals surface area contributed by atoms with Crippen molar-refractivity contribution in [2.24, 2.45) is 5.90 Å². The van der Waals surface area contributed by atoms with Crippen molar-refractivity contribution in [2.45, 2.75) is 9.79 Å². The Kier molecular flexibility index (Phi) is 5.11. The minimum absolute atomic E-state index is 0.182. The molecular weight excluding hydrogens is 354 g/mol. The summed E-state index contributed by atoms with van der Waals surface area (Å²) in [6.07, 6.45) is 0. The molecular formula is C19H17NO5S. The number of sulfone groups is 1. The van der Waals surface area contributed by atoms with Gasteiger partial charge in [-0.2, -0.15) is 5.90 Å². The van der Waals surface area contributed by atoms with Gasteiger partial charge in [0.2, 0.25) is 9.84 Å². The molecule has 0 aliphatic carbocycles. The zero-order chi connectivity index (χ0) is 18.6. The van der Waals surface area contributed by atoms with Crippen molar-refractivity contribution in [3.8, 4) is 23.0 Å². The Hall–Kier alpha value is -3.03. The van der Waals surface area contributed by atoms with Crippen LogP contribution in [0.4, 0.5) is 0 Å². The summed E-state index contributed by atoms with van der Waals surface area (Å²) in [5, 5.41) is 0. The second-order valence-electron chi connectivity index (χ2n) is 5.34. The van der Waals surface area contributed by atoms with E-state index >= 15 is 0 Å². The van der Waals surface area contributed by atoms with Crippen molar-refractivity contribution in [2.75, 3.05) is 7.11 Å². The van der Waals surface area contributed by atoms with Crippen molar-refractivity contribution < 1.29 is 22.7 Å². The van der Waals surface area contributed by atoms with Crippen LogP contribution in [0.15, 0.2) is 82.6 Å². The van der Waals surface area contributed by atoms with Gasteiger partial charge in [-0.1, -0.05) is 0 Å². The molecule has 0 saturated carbocycles. The molecule has 0 unspecified atom stereocenters. The molecule has 3 rings (SSSR count). The van der Waals surface area contributed by atoms with E-state index in [1.807, 2.05) is 0 Å². The van der Waals surface area contributed by atoms with Crippen LogP contribution in [0.5, 0.6) is 23.0 Å². The van der Waals surface area contributed by atoms with Gasteiger partial charge in [0.25, 0.3) is 0 Å². The van der Waals surface area contributed by atoms with Crippen molar-refractivity contribution in [1.29, 1.82) is 0 Å². The van der Waals surface area contributed by atoms with Crippen LogP contribution < -0.4 is 20.2 Å². The summed E-state index contributed by atoms with van der Waals surface area (Å²) in [7, 11) is -2.08. The topological polar surface area (TPSA) is 87.9 Å². The molecule has 3 aromatic rings. The van der Waals surface area contributed by atoms with Crippen molar-refractivity contribution in [3.63, 3.8) is 0 Å². The highest BCUT2D eigenvalue weighted by Crippen LogP contribution is 2.27. The Morgan fingerprint density at radius 1 is 0.654 bits per heavy atom. The fraction of sp³-hybridized carbons (Fsp3) is 0.0526. The van der Waals surface area contributed by atoms with Gasteiger partial charge >= 0.3 is 0 Å². The zero-order valence-electron chi connectivity index (χ0n) is 14.0. The minimum Gasteiger partial charge on any atom is -0.497 e. The second kappa shape index (κ2) is 7.47. The fourth-order valence-corrected chi connectivity index (χ4v) is 3.56. The molecule has 0 aliphatic heterocycles. The highest BCUT2D eigenvalue weighted by molar-refractivity contribution is 7.91. The van der Waals surface area contributed by atoms with Crippen LogP contribution in [0.2, 0.25) is 0 Å². The van der Waals surface area contributed by atoms with Crippen LogP contribution >= 0.6 is 0 Å². The molecule has 6 nitrogen and oxygen atoms in total. The van der Waals surface area contributed by atoms with E-state index < -0.39 is 9.84 Å². The number of rotatable bonds is 6. The predicted molar refractivity (Wildman–Crippen MR) is 96.2 cm³/mol. The first-order valence-corrected chi connectivity index (χ1v) is 9.15. The standard InChI is InChI=1S/C19H17NO5S/c1-23-14-6-10-18(11-7-14)26(21,22)19-12-8-16(9-13-19)24-15-2-4-17(25-20)5-3-15/h2-13H,20H2,1H3. The average molecular weight is 371 g/mol. The lowest BCUT2D eigenvalue weighted by Gasteiger charge is -2.09. The molecule has 0 aromatic heterocycles. The molecule has 2 N–H and O–H groups in total. The van der Waals surface area contributed by atoms with E-state index in [9.17, 15) is 8.42 Å². The Morgan fingerprint density at radius 2 is 1.04 bits per heavy atom. The van der Waals surface area contributed by atoms with Crippen LogP contribution in [0.25, 0.3) is 0 Å². The van der Waals surface area contributed by atoms with Crippen LogP contribution in [-0.4, -0.2) is 15.5 Å². The maximum Gasteiger partial charge on any atom is 0.206 e. The van der Waals surface area contributed by atoms with E-state index in [0.29, 0.717) is 23.0 Å². The van der Waals surface area contributed by atoms with Gasteiger partial charge in [-0.15, -0.1) is 0 Å². The van der Waals surface area contributed by atoms with Gasteiger partial charge in [-0.25, -0.2) is 8.42 Å². The number of nitrogens with two attached hydrogens (primary N) is 1. The molecule has 0 spiro atoms. The van der Waals surface area contributed by atoms with Crippen molar-refractivity contribution >= 4 is 9.84 Å². The van der Waals surface area contributed by atoms with Gasteiger partial charge in [0, 0.05) is 0 Å². The number of hydrogen-bond acceptors (Lipinski definition) is 6. The lowest BCUT2D eigenvalue weighted by molar-refractivity contribution is 0.334. The second-order valence-corrected chi connectivity index (χ2v) is 7.29. The highest BCUT2D eigenvalue weighted by Gasteiger charge is 2.17. The molecule has 134 valence electrons. The lowest BCUT2D eigenvalue weighted by atomic mass is 10.3. The Bertz CT molecular complexity index is 966. The normalized spacial score (nSPS) is 11.0. The summed E-state index contributed by atoms with van der Waals surface area (Å²) in [6.45, 7) is 0. The first-order valence-electron chi connectivity index (χ1n) is 7.67. The molecule has 0 bridgehead atoms. The molecule has 26 heavy (non-hydrogen) atoms. The van der Waals surface area contributed by atoms with E-state index in [1.165, 1.54) is 31.4 Å². The monoisotopic (exact) mass is 371 g/mol. The van der Waals surface area contributed by atoms with Gasteiger partial charge in [0.1, 0.15) is 23.0 Å². The van der Waals surface area contributed by atoms with Crippen LogP contribution in [0.1, 0.15) is 0 Å². The third-order valence-electron chi connectivity index (χ3n) is 3.70. The summed E-state index contributed by atoms with van der Waals surface area (Å²) in [6, 6.07) is 19.2. The Morgan fingerprint density at radius 3 is 1.46 bits per heavy atom. The van der Waals surface area contributed by atoms with Crippen LogP contribution in [-0.2, 0) is 9.84 Å². The number of ether oxygens (including phenoxy) is 2. The maximum absolute atomic E-state index is 12.7. The summed E-state index contributed by atoms with van der Waals surface area (Å²) < 4.78 is 36.1. The summed E-state index contributed by atoms with van der Waals surface area (Å²) >= 11 is 0. The average Bonchev–Trinajstić information content (AvgIpc) is 2.69. The third kappa shape index (κ3) is 3.79. The molecule has 0 radical (unpaired) electrons. The van der Waals surface area contributed by atoms with Crippen molar-refractivity contribution in [3.05, 3.63) is 72.8 Å². The molecule has 0 fully saturated rings. The number of benzene rings is 3. The predicted octanol–water partition coefficient (Wildman–Crippen LogP) is 3.57. The van der Waals surface area contributed by atoms with Crippen LogP contribution in [0.3, 0.4) is 0 Å². The SMILES string of the molecule is COc1ccc(S(=O)(=O)c2ccc(Oc3ccc(ON)cc3)cc2)cc1. The van der Waals surface area contributed by atoms with E-state index in [0.717, 1.165) is 0 Å². The van der Waals surface area contributed by atoms with Gasteiger partial charge in [-0.05, 0) is 72.8 Å². The van der Waals surface area contributed by atoms with Gasteiger partial charge in [0.15, 0.2) is 0 Å². The van der Waals surface area contributed by atoms with Gasteiger partial charge in [0.05, 0.1) is 16.9 Å². The summed E-state index contributed by atoms with van der Waals surface area (Å²) in [4.78, 5) is 4.98. The summed E-state index contributed by atoms with van der Waals surface area (Å²) in [5.41, 5.74) is 0. The highest BCUT2D eigenvalue weighted by atomic mass is 32.2. The Balaban J connectivity index is 1.79. The molecule has 7 heteroatoms. The third-order valence-corrected chi connectivity index (χ3v) is 5.48. The van der Waals surface area contributed by atoms with E-state index in [1.54, 1.807) is 48.5 Å². The van der Waals surface area contributed by atoms with Gasteiger partial charge in [-0.3, -0.25) is 0 Å².